The molecule has 0 bridgehead atoms. The normalized spacial score (nSPS) is 16.4. The van der Waals surface area contributed by atoms with Gasteiger partial charge in [-0.25, -0.2) is 0 Å². The molecule has 1 aromatic rings. The predicted octanol–water partition coefficient (Wildman–Crippen LogP) is 0.462. The molecule has 7 nitrogen and oxygen atoms in total. The minimum Gasteiger partial charge on any atom is -0.385 e. The van der Waals surface area contributed by atoms with Gasteiger partial charge in [-0.1, -0.05) is 6.92 Å². The van der Waals surface area contributed by atoms with Gasteiger partial charge in [0.1, 0.15) is 0 Å². The van der Waals surface area contributed by atoms with E-state index in [2.05, 4.69) is 37.2 Å². The predicted molar refractivity (Wildman–Crippen MR) is 79.1 cm³/mol. The number of methoxy groups -OCH3 is 1. The number of piperazine rings is 1. The highest BCUT2D eigenvalue weighted by molar-refractivity contribution is 5.39. The van der Waals surface area contributed by atoms with Gasteiger partial charge in [0.25, 0.3) is 0 Å². The number of hydrogen-bond acceptors (Lipinski definition) is 7. The van der Waals surface area contributed by atoms with Crippen LogP contribution in [0.1, 0.15) is 13.3 Å². The Morgan fingerprint density at radius 2 is 2.10 bits per heavy atom. The molecule has 2 rings (SSSR count). The quantitative estimate of drug-likeness (QED) is 0.728. The highest BCUT2D eigenvalue weighted by atomic mass is 16.5. The van der Waals surface area contributed by atoms with Gasteiger partial charge in [0, 0.05) is 46.4 Å². The molecule has 0 unspecified atom stereocenters. The summed E-state index contributed by atoms with van der Waals surface area (Å²) in [5, 5.41) is 11.4. The molecule has 112 valence electrons. The van der Waals surface area contributed by atoms with E-state index in [-0.39, 0.29) is 0 Å². The lowest BCUT2D eigenvalue weighted by Crippen LogP contribution is -2.46. The van der Waals surface area contributed by atoms with Crippen LogP contribution >= 0.6 is 0 Å². The number of nitrogens with one attached hydrogen (secondary N) is 1. The van der Waals surface area contributed by atoms with Crippen molar-refractivity contribution in [2.75, 3.05) is 63.2 Å². The second kappa shape index (κ2) is 7.96. The van der Waals surface area contributed by atoms with E-state index >= 15 is 0 Å². The van der Waals surface area contributed by atoms with Crippen LogP contribution in [0.3, 0.4) is 0 Å². The lowest BCUT2D eigenvalue weighted by atomic mass is 10.3. The van der Waals surface area contributed by atoms with Gasteiger partial charge in [-0.3, -0.25) is 0 Å². The molecule has 0 radical (unpaired) electrons. The molecule has 0 spiro atoms. The zero-order valence-corrected chi connectivity index (χ0v) is 12.4. The van der Waals surface area contributed by atoms with Gasteiger partial charge in [0.05, 0.1) is 6.20 Å². The van der Waals surface area contributed by atoms with Crippen molar-refractivity contribution >= 4 is 11.8 Å². The minimum absolute atomic E-state index is 0.720. The molecule has 0 saturated carbocycles. The average Bonchev–Trinajstić information content (AvgIpc) is 2.52. The number of likely N-dealkylation sites (N-methyl/N-ethyl adjacent to an activating group) is 1. The van der Waals surface area contributed by atoms with Crippen molar-refractivity contribution in [2.24, 2.45) is 0 Å². The van der Waals surface area contributed by atoms with E-state index in [4.69, 9.17) is 4.74 Å². The lowest BCUT2D eigenvalue weighted by Gasteiger charge is -2.33. The summed E-state index contributed by atoms with van der Waals surface area (Å²) in [5.74, 6) is 1.50. The molecule has 20 heavy (non-hydrogen) atoms. The van der Waals surface area contributed by atoms with Crippen molar-refractivity contribution in [3.05, 3.63) is 6.20 Å². The van der Waals surface area contributed by atoms with Crippen LogP contribution in [-0.4, -0.2) is 73.1 Å². The van der Waals surface area contributed by atoms with Crippen LogP contribution in [0.25, 0.3) is 0 Å². The van der Waals surface area contributed by atoms with Crippen molar-refractivity contribution in [1.82, 2.24) is 20.1 Å². The molecule has 0 aromatic carbocycles. The van der Waals surface area contributed by atoms with Gasteiger partial charge in [-0.05, 0) is 13.0 Å². The Balaban J connectivity index is 1.86. The summed E-state index contributed by atoms with van der Waals surface area (Å²) in [6.07, 6.45) is 2.61. The van der Waals surface area contributed by atoms with Crippen LogP contribution in [0.4, 0.5) is 11.8 Å². The minimum atomic E-state index is 0.720. The second-order valence-corrected chi connectivity index (χ2v) is 4.84. The Bertz CT molecular complexity index is 394. The molecule has 7 heteroatoms. The molecule has 1 fully saturated rings. The van der Waals surface area contributed by atoms with Crippen LogP contribution < -0.4 is 10.2 Å². The van der Waals surface area contributed by atoms with E-state index in [1.807, 2.05) is 0 Å². The first-order valence-electron chi connectivity index (χ1n) is 7.23. The number of hydrogen-bond donors (Lipinski definition) is 1. The number of anilines is 2. The fourth-order valence-corrected chi connectivity index (χ4v) is 2.21. The summed E-state index contributed by atoms with van der Waals surface area (Å²) in [6, 6.07) is 0. The van der Waals surface area contributed by atoms with Gasteiger partial charge >= 0.3 is 0 Å². The lowest BCUT2D eigenvalue weighted by molar-refractivity contribution is 0.197. The van der Waals surface area contributed by atoms with Gasteiger partial charge in [-0.2, -0.15) is 10.1 Å². The summed E-state index contributed by atoms with van der Waals surface area (Å²) in [4.78, 5) is 9.15. The summed E-state index contributed by atoms with van der Waals surface area (Å²) in [7, 11) is 1.71. The summed E-state index contributed by atoms with van der Waals surface area (Å²) < 4.78 is 5.02. The Morgan fingerprint density at radius 1 is 1.30 bits per heavy atom. The van der Waals surface area contributed by atoms with Crippen molar-refractivity contribution in [1.29, 1.82) is 0 Å². The van der Waals surface area contributed by atoms with Gasteiger partial charge in [-0.15, -0.1) is 5.10 Å². The van der Waals surface area contributed by atoms with Crippen LogP contribution in [0, 0.1) is 0 Å². The smallest absolute Gasteiger partial charge is 0.247 e. The Labute approximate surface area is 120 Å². The third kappa shape index (κ3) is 4.28. The van der Waals surface area contributed by atoms with E-state index < -0.39 is 0 Å². The molecular weight excluding hydrogens is 256 g/mol. The SMILES string of the molecule is CCN1CCN(c2nncc(NCCCOC)n2)CC1. The Morgan fingerprint density at radius 3 is 2.80 bits per heavy atom. The maximum absolute atomic E-state index is 5.02. The van der Waals surface area contributed by atoms with Gasteiger partial charge in [0.2, 0.25) is 5.95 Å². The second-order valence-electron chi connectivity index (χ2n) is 4.84. The number of nitrogens with zero attached hydrogens (tertiary/aromatic N) is 5. The maximum atomic E-state index is 5.02. The summed E-state index contributed by atoms with van der Waals surface area (Å²) in [5.41, 5.74) is 0. The van der Waals surface area contributed by atoms with Crippen LogP contribution in [-0.2, 0) is 4.74 Å². The number of rotatable bonds is 7. The topological polar surface area (TPSA) is 66.4 Å². The van der Waals surface area contributed by atoms with Crippen molar-refractivity contribution < 1.29 is 4.74 Å². The first kappa shape index (κ1) is 14.9. The largest absolute Gasteiger partial charge is 0.385 e. The summed E-state index contributed by atoms with van der Waals surface area (Å²) in [6.45, 7) is 8.92. The first-order valence-corrected chi connectivity index (χ1v) is 7.23. The molecule has 0 aliphatic carbocycles. The molecule has 1 saturated heterocycles. The molecule has 1 aliphatic rings. The molecule has 1 aliphatic heterocycles. The molecule has 0 atom stereocenters. The van der Waals surface area contributed by atoms with Crippen molar-refractivity contribution in [3.63, 3.8) is 0 Å². The van der Waals surface area contributed by atoms with Crippen LogP contribution in [0.5, 0.6) is 0 Å². The standard InChI is InChI=1S/C13H24N6O/c1-3-18-6-8-19(9-7-18)13-16-12(11-15-17-13)14-5-4-10-20-2/h11H,3-10H2,1-2H3,(H,14,16,17). The van der Waals surface area contributed by atoms with Gasteiger partial charge in [0.15, 0.2) is 5.82 Å². The van der Waals surface area contributed by atoms with E-state index in [0.717, 1.165) is 64.1 Å². The highest BCUT2D eigenvalue weighted by Gasteiger charge is 2.18. The third-order valence-electron chi connectivity index (χ3n) is 3.48. The number of aromatic nitrogens is 3. The highest BCUT2D eigenvalue weighted by Crippen LogP contribution is 2.12. The number of ether oxygens (including phenoxy) is 1. The van der Waals surface area contributed by atoms with Crippen molar-refractivity contribution in [3.8, 4) is 0 Å². The Kier molecular flexibility index (Phi) is 5.94. The van der Waals surface area contributed by atoms with Crippen LogP contribution in [0.2, 0.25) is 0 Å². The average molecular weight is 280 g/mol. The van der Waals surface area contributed by atoms with Crippen molar-refractivity contribution in [2.45, 2.75) is 13.3 Å². The fraction of sp³-hybridized carbons (Fsp3) is 0.769. The van der Waals surface area contributed by atoms with E-state index in [1.54, 1.807) is 13.3 Å². The molecular formula is C13H24N6O. The monoisotopic (exact) mass is 280 g/mol. The summed E-state index contributed by atoms with van der Waals surface area (Å²) >= 11 is 0. The molecule has 0 amide bonds. The maximum Gasteiger partial charge on any atom is 0.247 e. The molecule has 1 aromatic heterocycles. The molecule has 1 N–H and O–H groups in total. The first-order chi connectivity index (χ1) is 9.83. The fourth-order valence-electron chi connectivity index (χ4n) is 2.21. The van der Waals surface area contributed by atoms with E-state index in [9.17, 15) is 0 Å². The zero-order valence-electron chi connectivity index (χ0n) is 12.4. The molecule has 2 heterocycles. The van der Waals surface area contributed by atoms with E-state index in [1.165, 1.54) is 0 Å². The van der Waals surface area contributed by atoms with E-state index in [0.29, 0.717) is 0 Å². The van der Waals surface area contributed by atoms with Gasteiger partial charge < -0.3 is 19.9 Å². The zero-order chi connectivity index (χ0) is 14.2. The van der Waals surface area contributed by atoms with Crippen LogP contribution in [0.15, 0.2) is 6.20 Å². The Hall–Kier alpha value is -1.47. The third-order valence-corrected chi connectivity index (χ3v) is 3.48.